The van der Waals surface area contributed by atoms with E-state index in [1.165, 1.54) is 6.92 Å². The van der Waals surface area contributed by atoms with Gasteiger partial charge in [0.1, 0.15) is 12.1 Å². The van der Waals surface area contributed by atoms with Gasteiger partial charge in [0.2, 0.25) is 17.7 Å². The average Bonchev–Trinajstić information content (AvgIpc) is 2.45. The third-order valence-electron chi connectivity index (χ3n) is 3.32. The maximum Gasteiger partial charge on any atom is 0.243 e. The Hall–Kier alpha value is -1.89. The fourth-order valence-electron chi connectivity index (χ4n) is 2.09. The first-order valence-electron chi connectivity index (χ1n) is 7.32. The monoisotopic (exact) mass is 383 g/mol. The number of carbonyl (C=O) groups is 3. The molecule has 23 heavy (non-hydrogen) atoms. The van der Waals surface area contributed by atoms with E-state index in [0.29, 0.717) is 6.42 Å². The lowest BCUT2D eigenvalue weighted by Crippen LogP contribution is -2.55. The molecule has 0 aliphatic heterocycles. The molecule has 1 aromatic rings. The summed E-state index contributed by atoms with van der Waals surface area (Å²) in [5.74, 6) is -1.45. The van der Waals surface area contributed by atoms with Crippen LogP contribution in [0, 0.1) is 5.92 Å². The molecule has 1 aromatic carbocycles. The number of amides is 3. The Labute approximate surface area is 144 Å². The largest absolute Gasteiger partial charge is 0.368 e. The minimum absolute atomic E-state index is 0.111. The number of nitrogens with two attached hydrogens (primary N) is 1. The van der Waals surface area contributed by atoms with Gasteiger partial charge in [0.25, 0.3) is 0 Å². The predicted octanol–water partition coefficient (Wildman–Crippen LogP) is 1.12. The molecule has 4 N–H and O–H groups in total. The lowest BCUT2D eigenvalue weighted by Gasteiger charge is -2.24. The van der Waals surface area contributed by atoms with Crippen molar-refractivity contribution in [3.63, 3.8) is 0 Å². The number of halogens is 1. The SMILES string of the molecule is CC(=O)N[C@@H](C(=O)N[C@@H](Cc1ccc(Br)cc1)C(N)=O)C(C)C. The summed E-state index contributed by atoms with van der Waals surface area (Å²) in [6.07, 6.45) is 0.291. The van der Waals surface area contributed by atoms with E-state index in [9.17, 15) is 14.4 Å². The first-order valence-corrected chi connectivity index (χ1v) is 8.11. The van der Waals surface area contributed by atoms with Crippen LogP contribution in [0.1, 0.15) is 26.3 Å². The second kappa shape index (κ2) is 8.67. The number of primary amides is 1. The molecular formula is C16H22BrN3O3. The van der Waals surface area contributed by atoms with E-state index in [1.54, 1.807) is 0 Å². The van der Waals surface area contributed by atoms with E-state index in [-0.39, 0.29) is 11.8 Å². The minimum atomic E-state index is -0.835. The molecule has 0 heterocycles. The van der Waals surface area contributed by atoms with Crippen molar-refractivity contribution in [1.29, 1.82) is 0 Å². The van der Waals surface area contributed by atoms with Crippen molar-refractivity contribution in [3.05, 3.63) is 34.3 Å². The fraction of sp³-hybridized carbons (Fsp3) is 0.438. The van der Waals surface area contributed by atoms with Crippen LogP contribution in [0.2, 0.25) is 0 Å². The number of benzene rings is 1. The molecule has 2 atom stereocenters. The Morgan fingerprint density at radius 1 is 1.13 bits per heavy atom. The van der Waals surface area contributed by atoms with Gasteiger partial charge in [0.15, 0.2) is 0 Å². The molecule has 0 saturated carbocycles. The van der Waals surface area contributed by atoms with Crippen LogP contribution < -0.4 is 16.4 Å². The van der Waals surface area contributed by atoms with Crippen molar-refractivity contribution in [3.8, 4) is 0 Å². The van der Waals surface area contributed by atoms with E-state index in [0.717, 1.165) is 10.0 Å². The third-order valence-corrected chi connectivity index (χ3v) is 3.85. The maximum atomic E-state index is 12.3. The van der Waals surface area contributed by atoms with Crippen molar-refractivity contribution in [1.82, 2.24) is 10.6 Å². The molecule has 7 heteroatoms. The molecule has 0 aromatic heterocycles. The van der Waals surface area contributed by atoms with Gasteiger partial charge in [-0.15, -0.1) is 0 Å². The van der Waals surface area contributed by atoms with Gasteiger partial charge >= 0.3 is 0 Å². The van der Waals surface area contributed by atoms with Gasteiger partial charge in [-0.25, -0.2) is 0 Å². The van der Waals surface area contributed by atoms with Crippen LogP contribution >= 0.6 is 15.9 Å². The van der Waals surface area contributed by atoms with Crippen LogP contribution in [0.5, 0.6) is 0 Å². The number of hydrogen-bond donors (Lipinski definition) is 3. The summed E-state index contributed by atoms with van der Waals surface area (Å²) >= 11 is 3.34. The first kappa shape index (κ1) is 19.2. The molecule has 0 bridgehead atoms. The lowest BCUT2D eigenvalue weighted by molar-refractivity contribution is -0.131. The van der Waals surface area contributed by atoms with Gasteiger partial charge in [-0.05, 0) is 23.6 Å². The zero-order valence-corrected chi connectivity index (χ0v) is 15.0. The summed E-state index contributed by atoms with van der Waals surface area (Å²) < 4.78 is 0.923. The Balaban J connectivity index is 2.81. The average molecular weight is 384 g/mol. The highest BCUT2D eigenvalue weighted by Gasteiger charge is 2.27. The van der Waals surface area contributed by atoms with Crippen LogP contribution in [0.15, 0.2) is 28.7 Å². The molecule has 0 radical (unpaired) electrons. The van der Waals surface area contributed by atoms with Gasteiger partial charge in [-0.1, -0.05) is 41.9 Å². The van der Waals surface area contributed by atoms with Gasteiger partial charge < -0.3 is 16.4 Å². The van der Waals surface area contributed by atoms with Crippen molar-refractivity contribution in [2.45, 2.75) is 39.3 Å². The molecule has 0 unspecified atom stereocenters. The van der Waals surface area contributed by atoms with Crippen LogP contribution in [-0.2, 0) is 20.8 Å². The fourth-order valence-corrected chi connectivity index (χ4v) is 2.36. The summed E-state index contributed by atoms with van der Waals surface area (Å²) in [5, 5.41) is 5.21. The molecule has 3 amide bonds. The highest BCUT2D eigenvalue weighted by atomic mass is 79.9. The topological polar surface area (TPSA) is 101 Å². The van der Waals surface area contributed by atoms with Crippen molar-refractivity contribution in [2.75, 3.05) is 0 Å². The number of rotatable bonds is 7. The number of nitrogens with one attached hydrogen (secondary N) is 2. The molecule has 0 fully saturated rings. The van der Waals surface area contributed by atoms with E-state index in [2.05, 4.69) is 26.6 Å². The molecule has 0 spiro atoms. The zero-order valence-electron chi connectivity index (χ0n) is 13.4. The minimum Gasteiger partial charge on any atom is -0.368 e. The Kier molecular flexibility index (Phi) is 7.22. The number of carbonyl (C=O) groups excluding carboxylic acids is 3. The standard InChI is InChI=1S/C16H22BrN3O3/c1-9(2)14(19-10(3)21)16(23)20-13(15(18)22)8-11-4-6-12(17)7-5-11/h4-7,9,13-14H,8H2,1-3H3,(H2,18,22)(H,19,21)(H,20,23)/t13-,14+/m0/s1. The maximum absolute atomic E-state index is 12.3. The second-order valence-corrected chi connectivity index (χ2v) is 6.63. The molecule has 1 rings (SSSR count). The van der Waals surface area contributed by atoms with Gasteiger partial charge in [-0.3, -0.25) is 14.4 Å². The Morgan fingerprint density at radius 3 is 2.13 bits per heavy atom. The summed E-state index contributed by atoms with van der Waals surface area (Å²) in [4.78, 5) is 35.2. The van der Waals surface area contributed by atoms with E-state index in [1.807, 2.05) is 38.1 Å². The lowest BCUT2D eigenvalue weighted by atomic mass is 10.0. The molecule has 0 saturated heterocycles. The quantitative estimate of drug-likeness (QED) is 0.657. The normalized spacial score (nSPS) is 13.3. The zero-order chi connectivity index (χ0) is 17.6. The Morgan fingerprint density at radius 2 is 1.70 bits per heavy atom. The summed E-state index contributed by atoms with van der Waals surface area (Å²) in [6, 6.07) is 5.85. The molecule has 126 valence electrons. The van der Waals surface area contributed by atoms with Gasteiger partial charge in [-0.2, -0.15) is 0 Å². The van der Waals surface area contributed by atoms with E-state index < -0.39 is 23.9 Å². The number of hydrogen-bond acceptors (Lipinski definition) is 3. The van der Waals surface area contributed by atoms with Crippen LogP contribution in [0.25, 0.3) is 0 Å². The second-order valence-electron chi connectivity index (χ2n) is 5.72. The van der Waals surface area contributed by atoms with Crippen LogP contribution in [0.3, 0.4) is 0 Å². The summed E-state index contributed by atoms with van der Waals surface area (Å²) in [5.41, 5.74) is 6.26. The Bertz CT molecular complexity index is 572. The van der Waals surface area contributed by atoms with Gasteiger partial charge in [0.05, 0.1) is 0 Å². The first-order chi connectivity index (χ1) is 10.7. The molecule has 6 nitrogen and oxygen atoms in total. The highest BCUT2D eigenvalue weighted by Crippen LogP contribution is 2.12. The highest BCUT2D eigenvalue weighted by molar-refractivity contribution is 9.10. The van der Waals surface area contributed by atoms with E-state index >= 15 is 0 Å². The van der Waals surface area contributed by atoms with Crippen LogP contribution in [0.4, 0.5) is 0 Å². The smallest absolute Gasteiger partial charge is 0.243 e. The van der Waals surface area contributed by atoms with Crippen LogP contribution in [-0.4, -0.2) is 29.8 Å². The predicted molar refractivity (Wildman–Crippen MR) is 91.4 cm³/mol. The van der Waals surface area contributed by atoms with Crippen molar-refractivity contribution < 1.29 is 14.4 Å². The molecular weight excluding hydrogens is 362 g/mol. The summed E-state index contributed by atoms with van der Waals surface area (Å²) in [7, 11) is 0. The van der Waals surface area contributed by atoms with Gasteiger partial charge in [0, 0.05) is 17.8 Å². The van der Waals surface area contributed by atoms with Crippen molar-refractivity contribution >= 4 is 33.7 Å². The summed E-state index contributed by atoms with van der Waals surface area (Å²) in [6.45, 7) is 4.97. The van der Waals surface area contributed by atoms with E-state index in [4.69, 9.17) is 5.73 Å². The van der Waals surface area contributed by atoms with Crippen molar-refractivity contribution in [2.24, 2.45) is 11.7 Å². The molecule has 0 aliphatic carbocycles. The third kappa shape index (κ3) is 6.40. The molecule has 0 aliphatic rings.